The first kappa shape index (κ1) is 18.8. The van der Waals surface area contributed by atoms with Crippen LogP contribution in [0.25, 0.3) is 0 Å². The molecule has 5 rings (SSSR count). The maximum atomic E-state index is 13.3. The van der Waals surface area contributed by atoms with Crippen LogP contribution in [0.2, 0.25) is 0 Å². The number of aromatic nitrogens is 3. The monoisotopic (exact) mass is 412 g/mol. The van der Waals surface area contributed by atoms with Crippen molar-refractivity contribution in [2.24, 2.45) is 0 Å². The second-order valence-corrected chi connectivity index (χ2v) is 7.78. The topological polar surface area (TPSA) is 51.0 Å². The maximum absolute atomic E-state index is 13.3. The smallest absolute Gasteiger partial charge is 0.314 e. The Morgan fingerprint density at radius 2 is 1.87 bits per heavy atom. The number of hydrogen-bond donors (Lipinski definition) is 0. The molecule has 1 fully saturated rings. The Morgan fingerprint density at radius 1 is 1.07 bits per heavy atom. The Labute approximate surface area is 171 Å². The van der Waals surface area contributed by atoms with E-state index in [9.17, 15) is 18.0 Å². The SMILES string of the molecule is O=C1c2cccc(C(F)(F)F)c2CN1c1cccc(CCc2nncn2C2CC2)c1. The van der Waals surface area contributed by atoms with Gasteiger partial charge in [-0.2, -0.15) is 13.2 Å². The molecule has 1 saturated carbocycles. The molecule has 8 heteroatoms. The number of aryl methyl sites for hydroxylation is 2. The van der Waals surface area contributed by atoms with Gasteiger partial charge in [-0.05, 0) is 54.7 Å². The van der Waals surface area contributed by atoms with E-state index in [1.54, 1.807) is 12.4 Å². The third-order valence-corrected chi connectivity index (χ3v) is 5.72. The Morgan fingerprint density at radius 3 is 2.63 bits per heavy atom. The van der Waals surface area contributed by atoms with Crippen LogP contribution in [0, 0.1) is 0 Å². The minimum Gasteiger partial charge on any atom is -0.314 e. The van der Waals surface area contributed by atoms with E-state index in [0.29, 0.717) is 24.6 Å². The van der Waals surface area contributed by atoms with Crippen molar-refractivity contribution in [1.29, 1.82) is 0 Å². The fourth-order valence-electron chi connectivity index (χ4n) is 4.05. The minimum absolute atomic E-state index is 0.0398. The van der Waals surface area contributed by atoms with E-state index in [0.717, 1.165) is 30.3 Å². The van der Waals surface area contributed by atoms with Crippen LogP contribution in [0.3, 0.4) is 0 Å². The summed E-state index contributed by atoms with van der Waals surface area (Å²) in [5.74, 6) is 0.532. The van der Waals surface area contributed by atoms with Crippen molar-refractivity contribution in [1.82, 2.24) is 14.8 Å². The molecule has 1 aliphatic carbocycles. The predicted octanol–water partition coefficient (Wildman–Crippen LogP) is 4.58. The van der Waals surface area contributed by atoms with Gasteiger partial charge in [0.1, 0.15) is 12.2 Å². The summed E-state index contributed by atoms with van der Waals surface area (Å²) in [5.41, 5.74) is 1.01. The van der Waals surface area contributed by atoms with Gasteiger partial charge in [0, 0.05) is 23.7 Å². The van der Waals surface area contributed by atoms with E-state index in [2.05, 4.69) is 14.8 Å². The van der Waals surface area contributed by atoms with Crippen LogP contribution < -0.4 is 4.90 Å². The van der Waals surface area contributed by atoms with Crippen LogP contribution in [0.5, 0.6) is 0 Å². The number of hydrogen-bond acceptors (Lipinski definition) is 3. The van der Waals surface area contributed by atoms with Crippen molar-refractivity contribution in [2.75, 3.05) is 4.90 Å². The Kier molecular flexibility index (Phi) is 4.38. The van der Waals surface area contributed by atoms with Gasteiger partial charge in [0.2, 0.25) is 0 Å². The van der Waals surface area contributed by atoms with E-state index in [1.165, 1.54) is 17.0 Å². The molecular weight excluding hydrogens is 393 g/mol. The molecule has 0 saturated heterocycles. The van der Waals surface area contributed by atoms with Gasteiger partial charge in [-0.3, -0.25) is 4.79 Å². The zero-order chi connectivity index (χ0) is 20.9. The average molecular weight is 412 g/mol. The molecule has 3 aromatic rings. The molecule has 2 aromatic carbocycles. The highest BCUT2D eigenvalue weighted by atomic mass is 19.4. The Balaban J connectivity index is 1.36. The first-order valence-corrected chi connectivity index (χ1v) is 9.90. The van der Waals surface area contributed by atoms with Crippen molar-refractivity contribution in [3.05, 3.63) is 76.9 Å². The van der Waals surface area contributed by atoms with Crippen molar-refractivity contribution < 1.29 is 18.0 Å². The molecule has 0 N–H and O–H groups in total. The molecule has 0 bridgehead atoms. The Bertz CT molecular complexity index is 1120. The van der Waals surface area contributed by atoms with Crippen molar-refractivity contribution in [2.45, 2.75) is 44.4 Å². The first-order chi connectivity index (χ1) is 14.4. The normalized spacial score (nSPS) is 16.2. The second kappa shape index (κ2) is 6.97. The van der Waals surface area contributed by atoms with Crippen LogP contribution in [-0.4, -0.2) is 20.7 Å². The van der Waals surface area contributed by atoms with Gasteiger partial charge in [-0.15, -0.1) is 10.2 Å². The molecule has 154 valence electrons. The third kappa shape index (κ3) is 3.36. The van der Waals surface area contributed by atoms with Gasteiger partial charge >= 0.3 is 6.18 Å². The highest BCUT2D eigenvalue weighted by molar-refractivity contribution is 6.10. The summed E-state index contributed by atoms with van der Waals surface area (Å²) in [6.45, 7) is -0.0801. The number of nitrogens with zero attached hydrogens (tertiary/aromatic N) is 4. The van der Waals surface area contributed by atoms with Gasteiger partial charge < -0.3 is 9.47 Å². The van der Waals surface area contributed by atoms with E-state index in [-0.39, 0.29) is 17.7 Å². The lowest BCUT2D eigenvalue weighted by Crippen LogP contribution is -2.23. The summed E-state index contributed by atoms with van der Waals surface area (Å²) in [5, 5.41) is 8.21. The minimum atomic E-state index is -4.49. The molecule has 5 nitrogen and oxygen atoms in total. The van der Waals surface area contributed by atoms with Gasteiger partial charge in [-0.25, -0.2) is 0 Å². The molecule has 30 heavy (non-hydrogen) atoms. The summed E-state index contributed by atoms with van der Waals surface area (Å²) in [6, 6.07) is 11.7. The standard InChI is InChI=1S/C22H19F3N4O/c23-22(24,25)19-6-2-5-17-18(19)12-28(21(17)30)16-4-1-3-14(11-16)7-10-20-27-26-13-29(20)15-8-9-15/h1-6,11,13,15H,7-10,12H2. The number of halogens is 3. The van der Waals surface area contributed by atoms with Gasteiger partial charge in [0.25, 0.3) is 5.91 Å². The van der Waals surface area contributed by atoms with Gasteiger partial charge in [0.15, 0.2) is 0 Å². The number of carbonyl (C=O) groups is 1. The lowest BCUT2D eigenvalue weighted by molar-refractivity contribution is -0.138. The molecule has 2 heterocycles. The molecule has 0 radical (unpaired) electrons. The van der Waals surface area contributed by atoms with E-state index in [1.807, 2.05) is 18.2 Å². The first-order valence-electron chi connectivity index (χ1n) is 9.90. The fraction of sp³-hybridized carbons (Fsp3) is 0.318. The quantitative estimate of drug-likeness (QED) is 0.617. The largest absolute Gasteiger partial charge is 0.416 e. The average Bonchev–Trinajstić information content (AvgIpc) is 3.36. The van der Waals surface area contributed by atoms with Crippen molar-refractivity contribution in [3.8, 4) is 0 Å². The molecule has 1 amide bonds. The summed E-state index contributed by atoms with van der Waals surface area (Å²) < 4.78 is 42.2. The summed E-state index contributed by atoms with van der Waals surface area (Å²) in [7, 11) is 0. The molecule has 1 aromatic heterocycles. The number of amides is 1. The van der Waals surface area contributed by atoms with E-state index in [4.69, 9.17) is 0 Å². The molecule has 1 aliphatic heterocycles. The van der Waals surface area contributed by atoms with E-state index >= 15 is 0 Å². The summed E-state index contributed by atoms with van der Waals surface area (Å²) in [6.07, 6.45) is 1.01. The third-order valence-electron chi connectivity index (χ3n) is 5.72. The highest BCUT2D eigenvalue weighted by Crippen LogP contribution is 2.38. The zero-order valence-corrected chi connectivity index (χ0v) is 16.1. The lowest BCUT2D eigenvalue weighted by atomic mass is 10.0. The number of anilines is 1. The number of benzene rings is 2. The number of carbonyl (C=O) groups excluding carboxylic acids is 1. The highest BCUT2D eigenvalue weighted by Gasteiger charge is 2.39. The van der Waals surface area contributed by atoms with Crippen LogP contribution in [0.4, 0.5) is 18.9 Å². The zero-order valence-electron chi connectivity index (χ0n) is 16.1. The molecule has 0 unspecified atom stereocenters. The fourth-order valence-corrected chi connectivity index (χ4v) is 4.05. The Hall–Kier alpha value is -3.16. The molecular formula is C22H19F3N4O. The maximum Gasteiger partial charge on any atom is 0.416 e. The number of alkyl halides is 3. The molecule has 2 aliphatic rings. The van der Waals surface area contributed by atoms with Crippen molar-refractivity contribution >= 4 is 11.6 Å². The summed E-state index contributed by atoms with van der Waals surface area (Å²) in [4.78, 5) is 14.2. The predicted molar refractivity (Wildman–Crippen MR) is 104 cm³/mol. The van der Waals surface area contributed by atoms with E-state index < -0.39 is 17.6 Å². The number of rotatable bonds is 5. The molecule has 0 spiro atoms. The van der Waals surface area contributed by atoms with Gasteiger partial charge in [-0.1, -0.05) is 18.2 Å². The number of fused-ring (bicyclic) bond motifs is 1. The van der Waals surface area contributed by atoms with Crippen LogP contribution in [-0.2, 0) is 25.6 Å². The summed E-state index contributed by atoms with van der Waals surface area (Å²) >= 11 is 0. The van der Waals surface area contributed by atoms with Crippen LogP contribution in [0.15, 0.2) is 48.8 Å². The van der Waals surface area contributed by atoms with Crippen LogP contribution >= 0.6 is 0 Å². The van der Waals surface area contributed by atoms with Crippen LogP contribution in [0.1, 0.15) is 51.8 Å². The lowest BCUT2D eigenvalue weighted by Gasteiger charge is -2.17. The molecule has 0 atom stereocenters. The van der Waals surface area contributed by atoms with Gasteiger partial charge in [0.05, 0.1) is 12.1 Å². The second-order valence-electron chi connectivity index (χ2n) is 7.78. The van der Waals surface area contributed by atoms with Crippen molar-refractivity contribution in [3.63, 3.8) is 0 Å².